The van der Waals surface area contributed by atoms with Crippen molar-refractivity contribution >= 4 is 17.4 Å². The van der Waals surface area contributed by atoms with E-state index < -0.39 is 17.7 Å². The van der Waals surface area contributed by atoms with Crippen molar-refractivity contribution in [1.29, 1.82) is 0 Å². The Morgan fingerprint density at radius 2 is 1.74 bits per heavy atom. The van der Waals surface area contributed by atoms with Crippen LogP contribution in [0.15, 0.2) is 65.9 Å². The molecule has 1 amide bonds. The van der Waals surface area contributed by atoms with Crippen molar-refractivity contribution in [2.75, 3.05) is 4.90 Å². The van der Waals surface area contributed by atoms with Crippen molar-refractivity contribution in [2.24, 2.45) is 0 Å². The standard InChI is InChI=1S/C21H18F3NO2/c1-13-18(14(2)26)12-19(15-7-4-3-5-8-15)20(27)25(13)17-10-6-9-16(11-17)21(22,23)24/h3-11,19H,12H2,1-2H3. The second-order valence-electron chi connectivity index (χ2n) is 6.51. The SMILES string of the molecule is CC(=O)C1=C(C)N(c2cccc(C(F)(F)F)c2)C(=O)C(c2ccccc2)C1. The van der Waals surface area contributed by atoms with E-state index in [2.05, 4.69) is 0 Å². The number of hydrogen-bond donors (Lipinski definition) is 0. The number of amides is 1. The minimum absolute atomic E-state index is 0.103. The van der Waals surface area contributed by atoms with Crippen molar-refractivity contribution < 1.29 is 22.8 Å². The monoisotopic (exact) mass is 373 g/mol. The molecule has 0 aromatic heterocycles. The summed E-state index contributed by atoms with van der Waals surface area (Å²) in [4.78, 5) is 26.5. The van der Waals surface area contributed by atoms with Crippen LogP contribution in [0.2, 0.25) is 0 Å². The first-order chi connectivity index (χ1) is 12.7. The maximum atomic E-state index is 13.2. The quantitative estimate of drug-likeness (QED) is 0.752. The van der Waals surface area contributed by atoms with Gasteiger partial charge in [-0.2, -0.15) is 13.2 Å². The zero-order valence-corrected chi connectivity index (χ0v) is 14.9. The smallest absolute Gasteiger partial charge is 0.295 e. The lowest BCUT2D eigenvalue weighted by molar-refractivity contribution is -0.137. The van der Waals surface area contributed by atoms with Crippen molar-refractivity contribution in [2.45, 2.75) is 32.4 Å². The molecule has 0 fully saturated rings. The number of carbonyl (C=O) groups is 2. The number of anilines is 1. The van der Waals surface area contributed by atoms with E-state index in [-0.39, 0.29) is 23.8 Å². The molecule has 3 rings (SSSR count). The molecule has 0 spiro atoms. The molecule has 3 nitrogen and oxygen atoms in total. The van der Waals surface area contributed by atoms with Crippen molar-refractivity contribution in [3.8, 4) is 0 Å². The summed E-state index contributed by atoms with van der Waals surface area (Å²) < 4.78 is 39.3. The largest absolute Gasteiger partial charge is 0.416 e. The molecule has 1 unspecified atom stereocenters. The Bertz CT molecular complexity index is 917. The molecule has 6 heteroatoms. The summed E-state index contributed by atoms with van der Waals surface area (Å²) in [5.41, 5.74) is 0.809. The third-order valence-electron chi connectivity index (χ3n) is 4.76. The lowest BCUT2D eigenvalue weighted by Gasteiger charge is -2.35. The van der Waals surface area contributed by atoms with Gasteiger partial charge in [0.2, 0.25) is 5.91 Å². The Kier molecular flexibility index (Phi) is 4.91. The van der Waals surface area contributed by atoms with Gasteiger partial charge in [-0.1, -0.05) is 36.4 Å². The molecule has 2 aromatic carbocycles. The number of ketones is 1. The highest BCUT2D eigenvalue weighted by Gasteiger charge is 2.37. The number of allylic oxidation sites excluding steroid dienone is 2. The van der Waals surface area contributed by atoms with Crippen molar-refractivity contribution in [3.63, 3.8) is 0 Å². The highest BCUT2D eigenvalue weighted by Crippen LogP contribution is 2.39. The second kappa shape index (κ2) is 7.02. The molecule has 0 saturated heterocycles. The van der Waals surface area contributed by atoms with Gasteiger partial charge in [0.15, 0.2) is 5.78 Å². The van der Waals surface area contributed by atoms with E-state index in [0.717, 1.165) is 17.7 Å². The van der Waals surface area contributed by atoms with E-state index in [1.54, 1.807) is 31.2 Å². The maximum absolute atomic E-state index is 13.2. The molecule has 2 aromatic rings. The first-order valence-electron chi connectivity index (χ1n) is 8.47. The Morgan fingerprint density at radius 3 is 2.33 bits per heavy atom. The number of alkyl halides is 3. The van der Waals surface area contributed by atoms with E-state index in [0.29, 0.717) is 11.3 Å². The lowest BCUT2D eigenvalue weighted by atomic mass is 9.85. The number of hydrogen-bond acceptors (Lipinski definition) is 2. The lowest BCUT2D eigenvalue weighted by Crippen LogP contribution is -2.39. The van der Waals surface area contributed by atoms with E-state index >= 15 is 0 Å². The topological polar surface area (TPSA) is 37.4 Å². The first-order valence-corrected chi connectivity index (χ1v) is 8.47. The predicted octanol–water partition coefficient (Wildman–Crippen LogP) is 5.09. The third kappa shape index (κ3) is 3.65. The van der Waals surface area contributed by atoms with Crippen LogP contribution in [0.5, 0.6) is 0 Å². The summed E-state index contributed by atoms with van der Waals surface area (Å²) in [7, 11) is 0. The molecular formula is C21H18F3NO2. The minimum atomic E-state index is -4.52. The van der Waals surface area contributed by atoms with Gasteiger partial charge in [-0.15, -0.1) is 0 Å². The average Bonchev–Trinajstić information content (AvgIpc) is 2.62. The number of carbonyl (C=O) groups excluding carboxylic acids is 2. The van der Waals surface area contributed by atoms with Crippen molar-refractivity contribution in [3.05, 3.63) is 77.0 Å². The van der Waals surface area contributed by atoms with Gasteiger partial charge < -0.3 is 0 Å². The van der Waals surface area contributed by atoms with Gasteiger partial charge in [0.1, 0.15) is 0 Å². The molecule has 0 N–H and O–H groups in total. The van der Waals surface area contributed by atoms with Gasteiger partial charge in [0, 0.05) is 17.0 Å². The molecular weight excluding hydrogens is 355 g/mol. The average molecular weight is 373 g/mol. The van der Waals surface area contributed by atoms with E-state index in [1.807, 2.05) is 6.07 Å². The Hall–Kier alpha value is -2.89. The van der Waals surface area contributed by atoms with Crippen LogP contribution in [0.1, 0.15) is 37.3 Å². The van der Waals surface area contributed by atoms with Gasteiger partial charge in [-0.25, -0.2) is 0 Å². The highest BCUT2D eigenvalue weighted by atomic mass is 19.4. The first kappa shape index (κ1) is 18.9. The molecule has 0 saturated carbocycles. The molecule has 1 atom stereocenters. The van der Waals surface area contributed by atoms with Gasteiger partial charge in [0.05, 0.1) is 11.5 Å². The van der Waals surface area contributed by atoms with Gasteiger partial charge >= 0.3 is 6.18 Å². The zero-order chi connectivity index (χ0) is 19.8. The number of nitrogens with zero attached hydrogens (tertiary/aromatic N) is 1. The van der Waals surface area contributed by atoms with Crippen LogP contribution in [-0.2, 0) is 15.8 Å². The van der Waals surface area contributed by atoms with Crippen molar-refractivity contribution in [1.82, 2.24) is 0 Å². The zero-order valence-electron chi connectivity index (χ0n) is 14.9. The normalized spacial score (nSPS) is 18.0. The van der Waals surface area contributed by atoms with Gasteiger partial charge in [-0.3, -0.25) is 14.5 Å². The van der Waals surface area contributed by atoms with Crippen LogP contribution in [0.25, 0.3) is 0 Å². The van der Waals surface area contributed by atoms with E-state index in [1.165, 1.54) is 24.0 Å². The summed E-state index contributed by atoms with van der Waals surface area (Å²) in [6, 6.07) is 13.6. The number of Topliss-reactive ketones (excluding diaryl/α,β-unsaturated/α-hetero) is 1. The fourth-order valence-electron chi connectivity index (χ4n) is 3.38. The van der Waals surface area contributed by atoms with Gasteiger partial charge in [-0.05, 0) is 44.0 Å². The van der Waals surface area contributed by atoms with Crippen LogP contribution in [0.3, 0.4) is 0 Å². The molecule has 0 radical (unpaired) electrons. The summed E-state index contributed by atoms with van der Waals surface area (Å²) in [5, 5.41) is 0. The van der Waals surface area contributed by atoms with Crippen LogP contribution in [0, 0.1) is 0 Å². The number of rotatable bonds is 3. The van der Waals surface area contributed by atoms with Crippen LogP contribution in [0.4, 0.5) is 18.9 Å². The molecule has 27 heavy (non-hydrogen) atoms. The summed E-state index contributed by atoms with van der Waals surface area (Å²) in [6.07, 6.45) is -4.28. The highest BCUT2D eigenvalue weighted by molar-refractivity contribution is 6.07. The Labute approximate surface area is 155 Å². The molecule has 140 valence electrons. The summed E-state index contributed by atoms with van der Waals surface area (Å²) >= 11 is 0. The molecule has 1 aliphatic rings. The molecule has 0 bridgehead atoms. The molecule has 1 aliphatic heterocycles. The van der Waals surface area contributed by atoms with Crippen LogP contribution in [-0.4, -0.2) is 11.7 Å². The summed E-state index contributed by atoms with van der Waals surface area (Å²) in [5.74, 6) is -1.16. The minimum Gasteiger partial charge on any atom is -0.295 e. The fraction of sp³-hybridized carbons (Fsp3) is 0.238. The Balaban J connectivity index is 2.13. The van der Waals surface area contributed by atoms with E-state index in [9.17, 15) is 22.8 Å². The molecule has 0 aliphatic carbocycles. The maximum Gasteiger partial charge on any atom is 0.416 e. The second-order valence-corrected chi connectivity index (χ2v) is 6.51. The number of benzene rings is 2. The van der Waals surface area contributed by atoms with Gasteiger partial charge in [0.25, 0.3) is 0 Å². The Morgan fingerprint density at radius 1 is 1.07 bits per heavy atom. The van der Waals surface area contributed by atoms with Crippen LogP contribution >= 0.6 is 0 Å². The summed E-state index contributed by atoms with van der Waals surface area (Å²) in [6.45, 7) is 3.00. The van der Waals surface area contributed by atoms with Crippen LogP contribution < -0.4 is 4.90 Å². The number of halogens is 3. The fourth-order valence-corrected chi connectivity index (χ4v) is 3.38. The predicted molar refractivity (Wildman–Crippen MR) is 96.1 cm³/mol. The molecule has 1 heterocycles. The van der Waals surface area contributed by atoms with E-state index in [4.69, 9.17) is 0 Å². The third-order valence-corrected chi connectivity index (χ3v) is 4.76.